The molecule has 3 rings (SSSR count). The lowest BCUT2D eigenvalue weighted by Crippen LogP contribution is -2.20. The summed E-state index contributed by atoms with van der Waals surface area (Å²) in [5, 5.41) is 9.23. The van der Waals surface area contributed by atoms with E-state index in [9.17, 15) is 5.26 Å². The average Bonchev–Trinajstić information content (AvgIpc) is 2.39. The number of fused-ring (bicyclic) bond motifs is 2. The van der Waals surface area contributed by atoms with E-state index in [0.29, 0.717) is 13.1 Å². The summed E-state index contributed by atoms with van der Waals surface area (Å²) in [5.41, 5.74) is 5.16. The molecule has 0 fully saturated rings. The Morgan fingerprint density at radius 1 is 0.778 bits per heavy atom. The number of hydrogen-bond donors (Lipinski definition) is 0. The number of nitrogens with zero attached hydrogens (tertiary/aromatic N) is 2. The van der Waals surface area contributed by atoms with Crippen molar-refractivity contribution in [3.63, 3.8) is 0 Å². The first-order valence-electron chi connectivity index (χ1n) is 6.15. The van der Waals surface area contributed by atoms with E-state index in [1.807, 2.05) is 17.0 Å². The van der Waals surface area contributed by atoms with Crippen molar-refractivity contribution < 1.29 is 0 Å². The molecule has 0 N–H and O–H groups in total. The first-order valence-corrected chi connectivity index (χ1v) is 6.15. The molecule has 2 nitrogen and oxygen atoms in total. The van der Waals surface area contributed by atoms with Gasteiger partial charge in [-0.1, -0.05) is 48.5 Å². The van der Waals surface area contributed by atoms with Crippen LogP contribution in [-0.4, -0.2) is 4.90 Å². The summed E-state index contributed by atoms with van der Waals surface area (Å²) < 4.78 is 0. The van der Waals surface area contributed by atoms with Gasteiger partial charge in [0.25, 0.3) is 0 Å². The maximum atomic E-state index is 9.23. The fourth-order valence-corrected chi connectivity index (χ4v) is 2.51. The molecule has 0 saturated carbocycles. The van der Waals surface area contributed by atoms with Gasteiger partial charge in [-0.3, -0.25) is 0 Å². The zero-order valence-electron chi connectivity index (χ0n) is 10.1. The second-order valence-corrected chi connectivity index (χ2v) is 4.67. The highest BCUT2D eigenvalue weighted by Gasteiger charge is 2.15. The van der Waals surface area contributed by atoms with E-state index >= 15 is 0 Å². The molecule has 1 aliphatic heterocycles. The molecule has 1 heterocycles. The molecular formula is C16H14N2. The highest BCUT2D eigenvalue weighted by molar-refractivity contribution is 5.38. The van der Waals surface area contributed by atoms with Gasteiger partial charge in [-0.2, -0.15) is 5.26 Å². The van der Waals surface area contributed by atoms with Crippen molar-refractivity contribution in [3.8, 4) is 6.19 Å². The van der Waals surface area contributed by atoms with Gasteiger partial charge in [0.05, 0.1) is 13.1 Å². The van der Waals surface area contributed by atoms with E-state index in [1.54, 1.807) is 0 Å². The van der Waals surface area contributed by atoms with Gasteiger partial charge in [-0.25, -0.2) is 0 Å². The zero-order valence-corrected chi connectivity index (χ0v) is 10.1. The van der Waals surface area contributed by atoms with Gasteiger partial charge in [0, 0.05) is 0 Å². The summed E-state index contributed by atoms with van der Waals surface area (Å²) in [5.74, 6) is 0. The Balaban J connectivity index is 2.11. The largest absolute Gasteiger partial charge is 0.302 e. The molecule has 2 aromatic rings. The monoisotopic (exact) mass is 234 g/mol. The lowest BCUT2D eigenvalue weighted by molar-refractivity contribution is 0.373. The van der Waals surface area contributed by atoms with Crippen LogP contribution in [0, 0.1) is 11.5 Å². The summed E-state index contributed by atoms with van der Waals surface area (Å²) >= 11 is 0. The summed E-state index contributed by atoms with van der Waals surface area (Å²) in [6, 6.07) is 16.8. The smallest absolute Gasteiger partial charge is 0.179 e. The first-order chi connectivity index (χ1) is 8.86. The van der Waals surface area contributed by atoms with Crippen LogP contribution >= 0.6 is 0 Å². The standard InChI is InChI=1S/C16H14N2/c17-12-18-10-15-7-3-1-5-13(15)9-14-6-2-4-8-16(14)11-18/h1-8H,9-11H2. The Bertz CT molecular complexity index is 563. The molecule has 0 spiro atoms. The molecular weight excluding hydrogens is 220 g/mol. The minimum atomic E-state index is 0.709. The van der Waals surface area contributed by atoms with Gasteiger partial charge in [0.2, 0.25) is 0 Å². The molecule has 0 aromatic heterocycles. The Morgan fingerprint density at radius 3 is 1.67 bits per heavy atom. The van der Waals surface area contributed by atoms with Crippen LogP contribution in [-0.2, 0) is 19.5 Å². The maximum Gasteiger partial charge on any atom is 0.179 e. The number of benzene rings is 2. The van der Waals surface area contributed by atoms with Gasteiger partial charge in [0.15, 0.2) is 6.19 Å². The van der Waals surface area contributed by atoms with E-state index in [-0.39, 0.29) is 0 Å². The summed E-state index contributed by atoms with van der Waals surface area (Å²) in [4.78, 5) is 1.82. The fraction of sp³-hybridized carbons (Fsp3) is 0.188. The zero-order chi connectivity index (χ0) is 12.4. The van der Waals surface area contributed by atoms with Crippen molar-refractivity contribution in [1.29, 1.82) is 5.26 Å². The fourth-order valence-electron chi connectivity index (χ4n) is 2.51. The van der Waals surface area contributed by atoms with Crippen LogP contribution in [0.2, 0.25) is 0 Å². The molecule has 0 bridgehead atoms. The third-order valence-electron chi connectivity index (χ3n) is 3.48. The lowest BCUT2D eigenvalue weighted by Gasteiger charge is -2.23. The van der Waals surface area contributed by atoms with Crippen molar-refractivity contribution >= 4 is 0 Å². The van der Waals surface area contributed by atoms with Gasteiger partial charge in [-0.15, -0.1) is 0 Å². The topological polar surface area (TPSA) is 27.0 Å². The minimum absolute atomic E-state index is 0.709. The minimum Gasteiger partial charge on any atom is -0.302 e. The van der Waals surface area contributed by atoms with Crippen molar-refractivity contribution in [3.05, 3.63) is 70.8 Å². The Hall–Kier alpha value is -2.27. The molecule has 2 aromatic carbocycles. The van der Waals surface area contributed by atoms with Gasteiger partial charge in [-0.05, 0) is 28.7 Å². The highest BCUT2D eigenvalue weighted by atomic mass is 15.1. The van der Waals surface area contributed by atoms with Crippen molar-refractivity contribution in [2.75, 3.05) is 0 Å². The van der Waals surface area contributed by atoms with Gasteiger partial charge in [0.1, 0.15) is 0 Å². The molecule has 0 saturated heterocycles. The number of hydrogen-bond acceptors (Lipinski definition) is 2. The van der Waals surface area contributed by atoms with Crippen molar-refractivity contribution in [1.82, 2.24) is 4.90 Å². The first kappa shape index (κ1) is 10.9. The Labute approximate surface area is 107 Å². The quantitative estimate of drug-likeness (QED) is 0.655. The normalized spacial score (nSPS) is 13.8. The van der Waals surface area contributed by atoms with Crippen LogP contribution < -0.4 is 0 Å². The van der Waals surface area contributed by atoms with Crippen LogP contribution in [0.15, 0.2) is 48.5 Å². The molecule has 1 aliphatic rings. The predicted molar refractivity (Wildman–Crippen MR) is 70.6 cm³/mol. The second-order valence-electron chi connectivity index (χ2n) is 4.67. The van der Waals surface area contributed by atoms with Crippen LogP contribution in [0.5, 0.6) is 0 Å². The Morgan fingerprint density at radius 2 is 1.22 bits per heavy atom. The van der Waals surface area contributed by atoms with Crippen molar-refractivity contribution in [2.24, 2.45) is 0 Å². The highest BCUT2D eigenvalue weighted by Crippen LogP contribution is 2.23. The van der Waals surface area contributed by atoms with Crippen LogP contribution in [0.4, 0.5) is 0 Å². The second kappa shape index (κ2) is 4.54. The van der Waals surface area contributed by atoms with Gasteiger partial charge < -0.3 is 4.90 Å². The summed E-state index contributed by atoms with van der Waals surface area (Å²) in [6.07, 6.45) is 3.25. The molecule has 88 valence electrons. The molecule has 0 aliphatic carbocycles. The molecule has 0 atom stereocenters. The predicted octanol–water partition coefficient (Wildman–Crippen LogP) is 3.07. The third-order valence-corrected chi connectivity index (χ3v) is 3.48. The van der Waals surface area contributed by atoms with E-state index < -0.39 is 0 Å². The number of nitriles is 1. The molecule has 2 heteroatoms. The van der Waals surface area contributed by atoms with E-state index in [4.69, 9.17) is 0 Å². The molecule has 0 radical (unpaired) electrons. The molecule has 0 unspecified atom stereocenters. The lowest BCUT2D eigenvalue weighted by atomic mass is 9.94. The molecule has 0 amide bonds. The van der Waals surface area contributed by atoms with Gasteiger partial charge >= 0.3 is 0 Å². The van der Waals surface area contributed by atoms with Crippen LogP contribution in [0.25, 0.3) is 0 Å². The van der Waals surface area contributed by atoms with E-state index in [0.717, 1.165) is 6.42 Å². The van der Waals surface area contributed by atoms with E-state index in [1.165, 1.54) is 22.3 Å². The third kappa shape index (κ3) is 1.96. The van der Waals surface area contributed by atoms with Crippen LogP contribution in [0.1, 0.15) is 22.3 Å². The van der Waals surface area contributed by atoms with E-state index in [2.05, 4.69) is 42.6 Å². The summed E-state index contributed by atoms with van der Waals surface area (Å²) in [7, 11) is 0. The Kier molecular flexibility index (Phi) is 2.74. The average molecular weight is 234 g/mol. The SMILES string of the molecule is N#CN1Cc2ccccc2Cc2ccccc2C1. The number of rotatable bonds is 0. The maximum absolute atomic E-state index is 9.23. The van der Waals surface area contributed by atoms with Crippen molar-refractivity contribution in [2.45, 2.75) is 19.5 Å². The van der Waals surface area contributed by atoms with Crippen LogP contribution in [0.3, 0.4) is 0 Å². The summed E-state index contributed by atoms with van der Waals surface area (Å²) in [6.45, 7) is 1.42. The molecule has 18 heavy (non-hydrogen) atoms.